The lowest BCUT2D eigenvalue weighted by molar-refractivity contribution is -0.00644. The number of oxime groups is 1. The molecular formula is C13H23NO. The molecule has 1 heterocycles. The van der Waals surface area contributed by atoms with Crippen molar-refractivity contribution >= 4 is 5.71 Å². The molecule has 3 unspecified atom stereocenters. The molecule has 0 N–H and O–H groups in total. The summed E-state index contributed by atoms with van der Waals surface area (Å²) in [5, 5.41) is 4.33. The third-order valence-electron chi connectivity index (χ3n) is 3.86. The topological polar surface area (TPSA) is 21.6 Å². The zero-order chi connectivity index (χ0) is 10.8. The molecule has 0 saturated heterocycles. The maximum atomic E-state index is 5.68. The van der Waals surface area contributed by atoms with E-state index in [-0.39, 0.29) is 0 Å². The summed E-state index contributed by atoms with van der Waals surface area (Å²) in [7, 11) is 0. The molecule has 1 aliphatic heterocycles. The Bertz CT molecular complexity index is 245. The quantitative estimate of drug-likeness (QED) is 0.695. The molecule has 1 aliphatic carbocycles. The smallest absolute Gasteiger partial charge is 0.138 e. The van der Waals surface area contributed by atoms with Crippen molar-refractivity contribution in [2.45, 2.75) is 59.0 Å². The number of hydrogen-bond donors (Lipinski definition) is 0. The van der Waals surface area contributed by atoms with E-state index in [2.05, 4.69) is 25.9 Å². The minimum atomic E-state index is 0.413. The van der Waals surface area contributed by atoms with Crippen LogP contribution in [0, 0.1) is 17.8 Å². The third kappa shape index (κ3) is 2.04. The maximum absolute atomic E-state index is 5.68. The van der Waals surface area contributed by atoms with Crippen molar-refractivity contribution in [1.29, 1.82) is 0 Å². The van der Waals surface area contributed by atoms with Crippen LogP contribution in [0.3, 0.4) is 0 Å². The van der Waals surface area contributed by atoms with Crippen molar-refractivity contribution in [3.63, 3.8) is 0 Å². The highest BCUT2D eigenvalue weighted by atomic mass is 16.6. The van der Waals surface area contributed by atoms with Gasteiger partial charge in [-0.15, -0.1) is 0 Å². The highest BCUT2D eigenvalue weighted by Gasteiger charge is 2.42. The van der Waals surface area contributed by atoms with Crippen LogP contribution >= 0.6 is 0 Å². The molecule has 1 saturated carbocycles. The van der Waals surface area contributed by atoms with E-state index in [9.17, 15) is 0 Å². The van der Waals surface area contributed by atoms with E-state index in [0.717, 1.165) is 5.92 Å². The van der Waals surface area contributed by atoms with Crippen LogP contribution in [-0.2, 0) is 4.84 Å². The average molecular weight is 209 g/mol. The molecular weight excluding hydrogens is 186 g/mol. The van der Waals surface area contributed by atoms with Crippen molar-refractivity contribution in [3.05, 3.63) is 0 Å². The van der Waals surface area contributed by atoms with E-state index in [1.54, 1.807) is 0 Å². The number of fused-ring (bicyclic) bond motifs is 1. The molecule has 1 fully saturated rings. The summed E-state index contributed by atoms with van der Waals surface area (Å²) >= 11 is 0. The monoisotopic (exact) mass is 209 g/mol. The van der Waals surface area contributed by atoms with E-state index >= 15 is 0 Å². The van der Waals surface area contributed by atoms with E-state index in [1.807, 2.05) is 0 Å². The summed E-state index contributed by atoms with van der Waals surface area (Å²) in [4.78, 5) is 5.68. The van der Waals surface area contributed by atoms with Gasteiger partial charge < -0.3 is 4.84 Å². The second-order valence-electron chi connectivity index (χ2n) is 5.33. The first-order valence-electron chi connectivity index (χ1n) is 6.47. The lowest BCUT2D eigenvalue weighted by atomic mass is 9.73. The van der Waals surface area contributed by atoms with Gasteiger partial charge in [0.05, 0.1) is 5.71 Å². The normalized spacial score (nSPS) is 34.9. The highest BCUT2D eigenvalue weighted by molar-refractivity contribution is 5.89. The Morgan fingerprint density at radius 1 is 1.40 bits per heavy atom. The lowest BCUT2D eigenvalue weighted by Crippen LogP contribution is -2.36. The van der Waals surface area contributed by atoms with Crippen LogP contribution in [0.2, 0.25) is 0 Å². The van der Waals surface area contributed by atoms with Crippen LogP contribution in [0.4, 0.5) is 0 Å². The van der Waals surface area contributed by atoms with Gasteiger partial charge in [0, 0.05) is 5.92 Å². The Kier molecular flexibility index (Phi) is 3.32. The molecule has 0 bridgehead atoms. The van der Waals surface area contributed by atoms with E-state index < -0.39 is 0 Å². The molecule has 0 radical (unpaired) electrons. The first-order valence-corrected chi connectivity index (χ1v) is 6.47. The summed E-state index contributed by atoms with van der Waals surface area (Å²) in [6.45, 7) is 6.73. The third-order valence-corrected chi connectivity index (χ3v) is 3.86. The molecule has 0 aromatic carbocycles. The van der Waals surface area contributed by atoms with E-state index in [0.29, 0.717) is 17.9 Å². The van der Waals surface area contributed by atoms with Gasteiger partial charge in [-0.05, 0) is 31.1 Å². The van der Waals surface area contributed by atoms with E-state index in [4.69, 9.17) is 4.84 Å². The molecule has 0 aromatic heterocycles. The van der Waals surface area contributed by atoms with Gasteiger partial charge in [-0.25, -0.2) is 0 Å². The van der Waals surface area contributed by atoms with Crippen molar-refractivity contribution in [2.24, 2.45) is 22.9 Å². The molecule has 3 atom stereocenters. The Balaban J connectivity index is 2.04. The number of rotatable bonds is 3. The Hall–Kier alpha value is -0.530. The second-order valence-corrected chi connectivity index (χ2v) is 5.33. The standard InChI is InChI=1S/C13H23NO/c1-4-6-10-7-5-8-11-12(9(2)3)14-15-13(10)11/h9-11,13H,4-8H2,1-3H3. The van der Waals surface area contributed by atoms with Crippen molar-refractivity contribution < 1.29 is 4.84 Å². The fourth-order valence-corrected chi connectivity index (χ4v) is 3.14. The minimum Gasteiger partial charge on any atom is -0.392 e. The zero-order valence-corrected chi connectivity index (χ0v) is 10.2. The minimum absolute atomic E-state index is 0.413. The largest absolute Gasteiger partial charge is 0.392 e. The van der Waals surface area contributed by atoms with Crippen LogP contribution in [0.25, 0.3) is 0 Å². The summed E-state index contributed by atoms with van der Waals surface area (Å²) in [6, 6.07) is 0. The lowest BCUT2D eigenvalue weighted by Gasteiger charge is -2.32. The van der Waals surface area contributed by atoms with Crippen LogP contribution in [0.1, 0.15) is 52.9 Å². The summed E-state index contributed by atoms with van der Waals surface area (Å²) < 4.78 is 0. The molecule has 0 amide bonds. The highest BCUT2D eigenvalue weighted by Crippen LogP contribution is 2.39. The summed E-state index contributed by atoms with van der Waals surface area (Å²) in [5.41, 5.74) is 1.32. The van der Waals surface area contributed by atoms with Crippen LogP contribution in [0.5, 0.6) is 0 Å². The predicted octanol–water partition coefficient (Wildman–Crippen LogP) is 3.61. The van der Waals surface area contributed by atoms with Gasteiger partial charge in [0.2, 0.25) is 0 Å². The van der Waals surface area contributed by atoms with Gasteiger partial charge in [0.1, 0.15) is 6.10 Å². The van der Waals surface area contributed by atoms with Gasteiger partial charge >= 0.3 is 0 Å². The number of nitrogens with zero attached hydrogens (tertiary/aromatic N) is 1. The predicted molar refractivity (Wildman–Crippen MR) is 62.9 cm³/mol. The van der Waals surface area contributed by atoms with E-state index in [1.165, 1.54) is 37.8 Å². The molecule has 2 heteroatoms. The molecule has 2 nitrogen and oxygen atoms in total. The van der Waals surface area contributed by atoms with Gasteiger partial charge in [0.25, 0.3) is 0 Å². The number of hydrogen-bond acceptors (Lipinski definition) is 2. The van der Waals surface area contributed by atoms with Gasteiger partial charge in [-0.2, -0.15) is 0 Å². The Morgan fingerprint density at radius 3 is 2.87 bits per heavy atom. The molecule has 15 heavy (non-hydrogen) atoms. The summed E-state index contributed by atoms with van der Waals surface area (Å²) in [6.07, 6.45) is 6.99. The van der Waals surface area contributed by atoms with Crippen LogP contribution in [0.15, 0.2) is 5.16 Å². The van der Waals surface area contributed by atoms with Crippen LogP contribution in [-0.4, -0.2) is 11.8 Å². The fraction of sp³-hybridized carbons (Fsp3) is 0.923. The SMILES string of the molecule is CCCC1CCCC2C(C(C)C)=NOC12. The van der Waals surface area contributed by atoms with Gasteiger partial charge in [-0.1, -0.05) is 38.8 Å². The fourth-order valence-electron chi connectivity index (χ4n) is 3.14. The van der Waals surface area contributed by atoms with Crippen LogP contribution < -0.4 is 0 Å². The first kappa shape index (κ1) is 11.0. The average Bonchev–Trinajstić information content (AvgIpc) is 2.62. The van der Waals surface area contributed by atoms with Gasteiger partial charge in [0.15, 0.2) is 0 Å². The molecule has 2 aliphatic rings. The van der Waals surface area contributed by atoms with Crippen molar-refractivity contribution in [3.8, 4) is 0 Å². The molecule has 86 valence electrons. The summed E-state index contributed by atoms with van der Waals surface area (Å²) in [5.74, 6) is 1.95. The van der Waals surface area contributed by atoms with Crippen molar-refractivity contribution in [1.82, 2.24) is 0 Å². The molecule has 0 aromatic rings. The van der Waals surface area contributed by atoms with Gasteiger partial charge in [-0.3, -0.25) is 0 Å². The zero-order valence-electron chi connectivity index (χ0n) is 10.2. The maximum Gasteiger partial charge on any atom is 0.138 e. The van der Waals surface area contributed by atoms with Crippen molar-refractivity contribution in [2.75, 3.05) is 0 Å². The second kappa shape index (κ2) is 4.54. The first-order chi connectivity index (χ1) is 7.24. The molecule has 2 rings (SSSR count). The molecule has 0 spiro atoms. The Morgan fingerprint density at radius 2 is 2.20 bits per heavy atom. The Labute approximate surface area is 93.1 Å².